The molecule has 0 heterocycles. The second-order valence-electron chi connectivity index (χ2n) is 4.94. The van der Waals surface area contributed by atoms with Crippen LogP contribution in [-0.2, 0) is 19.1 Å². The summed E-state index contributed by atoms with van der Waals surface area (Å²) in [6.45, 7) is 2.63. The van der Waals surface area contributed by atoms with Gasteiger partial charge in [-0.05, 0) is 25.7 Å². The number of allylic oxidation sites excluding steroid dienone is 1. The first kappa shape index (κ1) is 15.7. The van der Waals surface area contributed by atoms with Gasteiger partial charge in [0.05, 0.1) is 19.4 Å². The van der Waals surface area contributed by atoms with Crippen molar-refractivity contribution in [3.8, 4) is 0 Å². The third-order valence-corrected chi connectivity index (χ3v) is 3.31. The lowest BCUT2D eigenvalue weighted by Gasteiger charge is -2.20. The van der Waals surface area contributed by atoms with Crippen LogP contribution in [-0.4, -0.2) is 25.2 Å². The van der Waals surface area contributed by atoms with E-state index in [0.717, 1.165) is 12.8 Å². The van der Waals surface area contributed by atoms with Crippen molar-refractivity contribution in [2.45, 2.75) is 51.9 Å². The third kappa shape index (κ3) is 7.65. The van der Waals surface area contributed by atoms with Crippen molar-refractivity contribution in [3.63, 3.8) is 0 Å². The lowest BCUT2D eigenvalue weighted by Crippen LogP contribution is -2.17. The number of carbonyl (C=O) groups is 2. The maximum absolute atomic E-state index is 11.5. The molecule has 0 atom stereocenters. The quantitative estimate of drug-likeness (QED) is 0.526. The molecule has 1 aliphatic rings. The molecule has 0 spiro atoms. The average molecular weight is 268 g/mol. The minimum absolute atomic E-state index is 0.0983. The van der Waals surface area contributed by atoms with E-state index in [1.165, 1.54) is 19.3 Å². The summed E-state index contributed by atoms with van der Waals surface area (Å²) in [7, 11) is 0. The molecule has 1 rings (SSSR count). The maximum atomic E-state index is 11.5. The fourth-order valence-corrected chi connectivity index (χ4v) is 2.15. The molecular weight excluding hydrogens is 244 g/mol. The smallest absolute Gasteiger partial charge is 0.306 e. The molecule has 0 amide bonds. The van der Waals surface area contributed by atoms with Gasteiger partial charge in [-0.1, -0.05) is 31.4 Å². The number of hydrogen-bond donors (Lipinski definition) is 0. The average Bonchev–Trinajstić information content (AvgIpc) is 2.44. The van der Waals surface area contributed by atoms with Gasteiger partial charge in [0.25, 0.3) is 0 Å². The lowest BCUT2D eigenvalue weighted by molar-refractivity contribution is -0.150. The topological polar surface area (TPSA) is 52.6 Å². The van der Waals surface area contributed by atoms with Gasteiger partial charge in [-0.15, -0.1) is 0 Å². The number of hydrogen-bond acceptors (Lipinski definition) is 4. The van der Waals surface area contributed by atoms with Gasteiger partial charge in [0.2, 0.25) is 0 Å². The Morgan fingerprint density at radius 2 is 1.68 bits per heavy atom. The van der Waals surface area contributed by atoms with Crippen molar-refractivity contribution in [3.05, 3.63) is 12.2 Å². The van der Waals surface area contributed by atoms with Gasteiger partial charge in [0.1, 0.15) is 6.61 Å². The van der Waals surface area contributed by atoms with Crippen molar-refractivity contribution < 1.29 is 19.1 Å². The summed E-state index contributed by atoms with van der Waals surface area (Å²) in [5.41, 5.74) is 0. The summed E-state index contributed by atoms with van der Waals surface area (Å²) in [5, 5.41) is 0. The predicted molar refractivity (Wildman–Crippen MR) is 72.5 cm³/mol. The van der Waals surface area contributed by atoms with Crippen LogP contribution in [0.25, 0.3) is 0 Å². The van der Waals surface area contributed by atoms with Crippen molar-refractivity contribution in [1.29, 1.82) is 0 Å². The Bertz CT molecular complexity index is 303. The Balaban J connectivity index is 2.05. The van der Waals surface area contributed by atoms with Crippen LogP contribution in [0.3, 0.4) is 0 Å². The van der Waals surface area contributed by atoms with Crippen LogP contribution < -0.4 is 0 Å². The summed E-state index contributed by atoms with van der Waals surface area (Å²) in [5.74, 6) is -0.138. The number of rotatable bonds is 7. The molecule has 0 unspecified atom stereocenters. The van der Waals surface area contributed by atoms with Crippen molar-refractivity contribution in [2.24, 2.45) is 5.92 Å². The highest BCUT2D eigenvalue weighted by Crippen LogP contribution is 2.23. The monoisotopic (exact) mass is 268 g/mol. The molecule has 108 valence electrons. The van der Waals surface area contributed by atoms with Crippen molar-refractivity contribution in [2.75, 3.05) is 13.2 Å². The summed E-state index contributed by atoms with van der Waals surface area (Å²) in [4.78, 5) is 22.7. The number of ether oxygens (including phenoxy) is 2. The van der Waals surface area contributed by atoms with Crippen LogP contribution in [0.2, 0.25) is 0 Å². The molecule has 1 aliphatic carbocycles. The predicted octanol–water partition coefficient (Wildman–Crippen LogP) is 3.01. The van der Waals surface area contributed by atoms with E-state index < -0.39 is 0 Å². The van der Waals surface area contributed by atoms with Gasteiger partial charge in [-0.3, -0.25) is 9.59 Å². The molecule has 4 nitrogen and oxygen atoms in total. The molecule has 0 aromatic carbocycles. The summed E-state index contributed by atoms with van der Waals surface area (Å²) < 4.78 is 10.1. The van der Waals surface area contributed by atoms with E-state index in [4.69, 9.17) is 9.47 Å². The van der Waals surface area contributed by atoms with Crippen molar-refractivity contribution in [1.82, 2.24) is 0 Å². The number of esters is 2. The van der Waals surface area contributed by atoms with Gasteiger partial charge in [-0.2, -0.15) is 0 Å². The van der Waals surface area contributed by atoms with Crippen LogP contribution >= 0.6 is 0 Å². The molecule has 19 heavy (non-hydrogen) atoms. The fraction of sp³-hybridized carbons (Fsp3) is 0.733. The Kier molecular flexibility index (Phi) is 7.94. The first-order valence-electron chi connectivity index (χ1n) is 7.14. The van der Waals surface area contributed by atoms with Crippen LogP contribution in [0.1, 0.15) is 51.9 Å². The second-order valence-corrected chi connectivity index (χ2v) is 4.94. The molecule has 0 aliphatic heterocycles. The van der Waals surface area contributed by atoms with Crippen LogP contribution in [0, 0.1) is 5.92 Å². The molecule has 0 radical (unpaired) electrons. The molecule has 1 fully saturated rings. The third-order valence-electron chi connectivity index (χ3n) is 3.31. The van der Waals surface area contributed by atoms with Gasteiger partial charge in [0, 0.05) is 0 Å². The standard InChI is InChI=1S/C15H24O4/c1-2-3-11-18-14(16)9-10-15(17)19-12-13-7-5-4-6-8-13/h2-3,13H,4-12H2,1H3/b3-2+. The Labute approximate surface area is 115 Å². The minimum Gasteiger partial charge on any atom is -0.465 e. The summed E-state index contributed by atoms with van der Waals surface area (Å²) >= 11 is 0. The number of carbonyl (C=O) groups excluding carboxylic acids is 2. The van der Waals surface area contributed by atoms with Crippen LogP contribution in [0.4, 0.5) is 0 Å². The first-order valence-corrected chi connectivity index (χ1v) is 7.14. The Morgan fingerprint density at radius 3 is 2.32 bits per heavy atom. The summed E-state index contributed by atoms with van der Waals surface area (Å²) in [6, 6.07) is 0. The Morgan fingerprint density at radius 1 is 1.05 bits per heavy atom. The van der Waals surface area contributed by atoms with Gasteiger partial charge in [-0.25, -0.2) is 0 Å². The SMILES string of the molecule is C/C=C/COC(=O)CCC(=O)OCC1CCCCC1. The molecule has 1 saturated carbocycles. The zero-order valence-electron chi connectivity index (χ0n) is 11.7. The Hall–Kier alpha value is -1.32. The van der Waals surface area contributed by atoms with Crippen LogP contribution in [0.5, 0.6) is 0 Å². The van der Waals surface area contributed by atoms with E-state index in [9.17, 15) is 9.59 Å². The highest BCUT2D eigenvalue weighted by Gasteiger charge is 2.16. The molecule has 0 N–H and O–H groups in total. The molecule has 0 saturated heterocycles. The highest BCUT2D eigenvalue weighted by atomic mass is 16.5. The molecule has 4 heteroatoms. The largest absolute Gasteiger partial charge is 0.465 e. The molecule has 0 bridgehead atoms. The highest BCUT2D eigenvalue weighted by molar-refractivity contribution is 5.77. The summed E-state index contributed by atoms with van der Waals surface area (Å²) in [6.07, 6.45) is 9.84. The zero-order valence-corrected chi connectivity index (χ0v) is 11.7. The van der Waals surface area contributed by atoms with E-state index in [0.29, 0.717) is 12.5 Å². The van der Waals surface area contributed by atoms with E-state index in [-0.39, 0.29) is 31.4 Å². The van der Waals surface area contributed by atoms with E-state index in [1.807, 2.05) is 13.0 Å². The lowest BCUT2D eigenvalue weighted by atomic mass is 9.90. The van der Waals surface area contributed by atoms with Gasteiger partial charge >= 0.3 is 11.9 Å². The van der Waals surface area contributed by atoms with Gasteiger partial charge < -0.3 is 9.47 Å². The molecule has 0 aromatic rings. The molecule has 0 aromatic heterocycles. The van der Waals surface area contributed by atoms with Crippen molar-refractivity contribution >= 4 is 11.9 Å². The fourth-order valence-electron chi connectivity index (χ4n) is 2.15. The molecular formula is C15H24O4. The second kappa shape index (κ2) is 9.59. The van der Waals surface area contributed by atoms with Crippen LogP contribution in [0.15, 0.2) is 12.2 Å². The van der Waals surface area contributed by atoms with E-state index in [2.05, 4.69) is 0 Å². The van der Waals surface area contributed by atoms with E-state index >= 15 is 0 Å². The zero-order chi connectivity index (χ0) is 13.9. The minimum atomic E-state index is -0.354. The maximum Gasteiger partial charge on any atom is 0.306 e. The van der Waals surface area contributed by atoms with E-state index in [1.54, 1.807) is 6.08 Å². The normalized spacial score (nSPS) is 16.5. The first-order chi connectivity index (χ1) is 9.22. The van der Waals surface area contributed by atoms with Gasteiger partial charge in [0.15, 0.2) is 0 Å².